The topological polar surface area (TPSA) is 81.0 Å². The van der Waals surface area contributed by atoms with Gasteiger partial charge in [-0.05, 0) is 24.5 Å². The molecule has 1 heterocycles. The third-order valence-corrected chi connectivity index (χ3v) is 8.17. The smallest absolute Gasteiger partial charge is 0.259 e. The molecule has 4 rings (SSSR count). The van der Waals surface area contributed by atoms with Gasteiger partial charge in [0.25, 0.3) is 5.91 Å². The number of aliphatic hydroxyl groups is 2. The van der Waals surface area contributed by atoms with E-state index in [4.69, 9.17) is 0 Å². The molecule has 0 radical (unpaired) electrons. The monoisotopic (exact) mass is 467 g/mol. The first-order valence-electron chi connectivity index (χ1n) is 12.6. The lowest BCUT2D eigenvalue weighted by Gasteiger charge is -2.45. The van der Waals surface area contributed by atoms with Gasteiger partial charge in [0.15, 0.2) is 5.60 Å². The van der Waals surface area contributed by atoms with Crippen LogP contribution in [-0.4, -0.2) is 70.4 Å². The minimum atomic E-state index is -1.46. The van der Waals surface area contributed by atoms with E-state index < -0.39 is 11.7 Å². The highest BCUT2D eigenvalue weighted by Crippen LogP contribution is 2.42. The molecule has 2 atom stereocenters. The summed E-state index contributed by atoms with van der Waals surface area (Å²) in [6.07, 6.45) is 4.72. The van der Waals surface area contributed by atoms with Crippen LogP contribution in [0.15, 0.2) is 54.6 Å². The van der Waals surface area contributed by atoms with Crippen LogP contribution in [0.2, 0.25) is 0 Å². The lowest BCUT2D eigenvalue weighted by atomic mass is 9.78. The molecule has 1 amide bonds. The van der Waals surface area contributed by atoms with Gasteiger partial charge in [0.2, 0.25) is 0 Å². The molecule has 184 valence electrons. The lowest BCUT2D eigenvalue weighted by Crippen LogP contribution is -2.58. The summed E-state index contributed by atoms with van der Waals surface area (Å²) in [4.78, 5) is 15.6. The predicted molar refractivity (Wildman–Crippen MR) is 132 cm³/mol. The Morgan fingerprint density at radius 2 is 1.59 bits per heavy atom. The highest BCUT2D eigenvalue weighted by atomic mass is 16.3. The summed E-state index contributed by atoms with van der Waals surface area (Å²) in [6, 6.07) is 16.7. The van der Waals surface area contributed by atoms with Gasteiger partial charge in [-0.15, -0.1) is 0 Å². The zero-order valence-electron chi connectivity index (χ0n) is 20.4. The van der Waals surface area contributed by atoms with Gasteiger partial charge in [-0.25, -0.2) is 0 Å². The quantitative estimate of drug-likeness (QED) is 0.544. The van der Waals surface area contributed by atoms with Crippen molar-refractivity contribution >= 4 is 5.91 Å². The van der Waals surface area contributed by atoms with Crippen LogP contribution in [0.3, 0.4) is 0 Å². The summed E-state index contributed by atoms with van der Waals surface area (Å²) < 4.78 is 0.600. The summed E-state index contributed by atoms with van der Waals surface area (Å²) in [5, 5.41) is 32.7. The maximum Gasteiger partial charge on any atom is 0.259 e. The summed E-state index contributed by atoms with van der Waals surface area (Å²) in [5.41, 5.74) is -0.211. The Morgan fingerprint density at radius 3 is 2.21 bits per heavy atom. The van der Waals surface area contributed by atoms with E-state index >= 15 is 0 Å². The Bertz CT molecular complexity index is 965. The van der Waals surface area contributed by atoms with Crippen LogP contribution in [0.5, 0.6) is 5.75 Å². The highest BCUT2D eigenvalue weighted by molar-refractivity contribution is 5.87. The van der Waals surface area contributed by atoms with Crippen LogP contribution in [0.25, 0.3) is 0 Å². The second kappa shape index (κ2) is 10.1. The molecule has 2 aromatic carbocycles. The SMILES string of the molecule is C[N+](C)(CC(O)c1ccccc1O)C1CCN(C(=O)[C@](O)(c2ccccc2)C2CCCC2)CC1. The zero-order valence-corrected chi connectivity index (χ0v) is 20.4. The minimum Gasteiger partial charge on any atom is -0.508 e. The number of phenolic OH excluding ortho intramolecular Hbond substituents is 1. The van der Waals surface area contributed by atoms with Crippen LogP contribution in [0, 0.1) is 5.92 Å². The molecule has 1 saturated carbocycles. The molecule has 0 aromatic heterocycles. The molecule has 34 heavy (non-hydrogen) atoms. The van der Waals surface area contributed by atoms with E-state index in [-0.39, 0.29) is 23.6 Å². The largest absolute Gasteiger partial charge is 0.508 e. The predicted octanol–water partition coefficient (Wildman–Crippen LogP) is 3.57. The molecular formula is C28H39N2O4+. The third-order valence-electron chi connectivity index (χ3n) is 8.17. The third kappa shape index (κ3) is 4.85. The van der Waals surface area contributed by atoms with Crippen molar-refractivity contribution in [2.24, 2.45) is 5.92 Å². The van der Waals surface area contributed by atoms with Gasteiger partial charge in [-0.2, -0.15) is 0 Å². The fraction of sp³-hybridized carbons (Fsp3) is 0.536. The number of amides is 1. The summed E-state index contributed by atoms with van der Waals surface area (Å²) in [5.74, 6) is -0.0906. The maximum absolute atomic E-state index is 13.8. The maximum atomic E-state index is 13.8. The standard InChI is InChI=1S/C28H38N2O4/c1-30(2,20-26(32)24-14-8-9-15-25(24)31)23-16-18-29(19-17-23)27(33)28(34,22-12-6-7-13-22)21-10-4-3-5-11-21/h3-5,8-11,14-15,22-23,26,32,34H,6-7,12-13,16-20H2,1-2H3/p+1/t26?,28-/m0/s1. The van der Waals surface area contributed by atoms with Gasteiger partial charge in [0.05, 0.1) is 20.1 Å². The van der Waals surface area contributed by atoms with Crippen molar-refractivity contribution in [3.63, 3.8) is 0 Å². The fourth-order valence-corrected chi connectivity index (χ4v) is 6.04. The van der Waals surface area contributed by atoms with E-state index in [0.29, 0.717) is 35.2 Å². The van der Waals surface area contributed by atoms with Crippen LogP contribution in [0.1, 0.15) is 55.8 Å². The lowest BCUT2D eigenvalue weighted by molar-refractivity contribution is -0.919. The molecule has 0 spiro atoms. The number of phenols is 1. The zero-order chi connectivity index (χ0) is 24.3. The molecule has 2 fully saturated rings. The highest BCUT2D eigenvalue weighted by Gasteiger charge is 2.49. The van der Waals surface area contributed by atoms with E-state index in [1.165, 1.54) is 0 Å². The normalized spacial score (nSPS) is 20.8. The Morgan fingerprint density at radius 1 is 1.00 bits per heavy atom. The number of hydrogen-bond acceptors (Lipinski definition) is 4. The van der Waals surface area contributed by atoms with Crippen molar-refractivity contribution in [3.05, 3.63) is 65.7 Å². The van der Waals surface area contributed by atoms with Gasteiger partial charge in [-0.1, -0.05) is 61.4 Å². The van der Waals surface area contributed by atoms with E-state index in [2.05, 4.69) is 14.1 Å². The number of hydrogen-bond donors (Lipinski definition) is 3. The average Bonchev–Trinajstić information content (AvgIpc) is 3.39. The fourth-order valence-electron chi connectivity index (χ4n) is 6.04. The summed E-state index contributed by atoms with van der Waals surface area (Å²) in [6.45, 7) is 1.67. The number of likely N-dealkylation sites (N-methyl/N-ethyl adjacent to an activating group) is 1. The van der Waals surface area contributed by atoms with Gasteiger partial charge in [0, 0.05) is 37.4 Å². The first-order chi connectivity index (χ1) is 16.2. The van der Waals surface area contributed by atoms with Crippen molar-refractivity contribution in [2.45, 2.75) is 56.3 Å². The molecule has 3 N–H and O–H groups in total. The number of aliphatic hydroxyl groups excluding tert-OH is 1. The molecule has 1 saturated heterocycles. The van der Waals surface area contributed by atoms with Crippen molar-refractivity contribution in [3.8, 4) is 5.75 Å². The Balaban J connectivity index is 1.44. The van der Waals surface area contributed by atoms with Crippen LogP contribution in [0.4, 0.5) is 0 Å². The van der Waals surface area contributed by atoms with E-state index in [9.17, 15) is 20.1 Å². The van der Waals surface area contributed by atoms with Gasteiger partial charge >= 0.3 is 0 Å². The molecule has 6 heteroatoms. The van der Waals surface area contributed by atoms with Gasteiger partial charge in [0.1, 0.15) is 18.4 Å². The number of aromatic hydroxyl groups is 1. The molecule has 2 aromatic rings. The number of nitrogens with zero attached hydrogens (tertiary/aromatic N) is 2. The number of rotatable bonds is 7. The number of likely N-dealkylation sites (tertiary alicyclic amines) is 1. The molecule has 1 aliphatic carbocycles. The first-order valence-corrected chi connectivity index (χ1v) is 12.6. The second-order valence-corrected chi connectivity index (χ2v) is 10.7. The van der Waals surface area contributed by atoms with Crippen LogP contribution < -0.4 is 0 Å². The van der Waals surface area contributed by atoms with Gasteiger partial charge in [-0.3, -0.25) is 4.79 Å². The Kier molecular flexibility index (Phi) is 7.31. The van der Waals surface area contributed by atoms with Gasteiger partial charge < -0.3 is 24.7 Å². The Hall–Kier alpha value is -2.41. The minimum absolute atomic E-state index is 0.0407. The number of piperidine rings is 1. The first kappa shape index (κ1) is 24.7. The molecule has 1 aliphatic heterocycles. The number of benzene rings is 2. The average molecular weight is 468 g/mol. The van der Waals surface area contributed by atoms with E-state index in [1.54, 1.807) is 18.2 Å². The van der Waals surface area contributed by atoms with E-state index in [1.807, 2.05) is 41.3 Å². The summed E-state index contributed by atoms with van der Waals surface area (Å²) >= 11 is 0. The number of para-hydroxylation sites is 1. The van der Waals surface area contributed by atoms with Crippen molar-refractivity contribution < 1.29 is 24.6 Å². The molecule has 6 nitrogen and oxygen atoms in total. The van der Waals surface area contributed by atoms with Crippen molar-refractivity contribution in [2.75, 3.05) is 33.7 Å². The van der Waals surface area contributed by atoms with Crippen molar-refractivity contribution in [1.29, 1.82) is 0 Å². The Labute approximate surface area is 203 Å². The number of quaternary nitrogens is 1. The molecule has 1 unspecified atom stereocenters. The molecular weight excluding hydrogens is 428 g/mol. The molecule has 2 aliphatic rings. The number of carbonyl (C=O) groups is 1. The van der Waals surface area contributed by atoms with Crippen molar-refractivity contribution in [1.82, 2.24) is 4.90 Å². The second-order valence-electron chi connectivity index (χ2n) is 10.7. The van der Waals surface area contributed by atoms with Crippen LogP contribution >= 0.6 is 0 Å². The van der Waals surface area contributed by atoms with Crippen LogP contribution in [-0.2, 0) is 10.4 Å². The number of carbonyl (C=O) groups excluding carboxylic acids is 1. The molecule has 0 bridgehead atoms. The summed E-state index contributed by atoms with van der Waals surface area (Å²) in [7, 11) is 4.20. The van der Waals surface area contributed by atoms with E-state index in [0.717, 1.165) is 38.5 Å².